The Morgan fingerprint density at radius 3 is 2.38 bits per heavy atom. The third kappa shape index (κ3) is 5.71. The number of aldehydes is 1. The zero-order chi connectivity index (χ0) is 15.9. The van der Waals surface area contributed by atoms with E-state index in [0.29, 0.717) is 0 Å². The molecule has 0 aliphatic heterocycles. The van der Waals surface area contributed by atoms with Gasteiger partial charge in [-0.1, -0.05) is 55.4 Å². The molecule has 0 fully saturated rings. The predicted molar refractivity (Wildman–Crippen MR) is 92.2 cm³/mol. The normalized spacial score (nSPS) is 20.6. The molecule has 1 heteroatoms. The van der Waals surface area contributed by atoms with Crippen molar-refractivity contribution >= 4 is 6.29 Å². The van der Waals surface area contributed by atoms with Gasteiger partial charge in [0.05, 0.1) is 0 Å². The van der Waals surface area contributed by atoms with Crippen LogP contribution in [-0.2, 0) is 4.79 Å². The maximum atomic E-state index is 10.3. The molecular formula is C20H28O. The Kier molecular flexibility index (Phi) is 6.61. The molecule has 21 heavy (non-hydrogen) atoms. The molecule has 0 bridgehead atoms. The van der Waals surface area contributed by atoms with Crippen molar-refractivity contribution in [3.63, 3.8) is 0 Å². The summed E-state index contributed by atoms with van der Waals surface area (Å²) in [5.41, 5.74) is 5.48. The SMILES string of the molecule is CC1=C(\C=C/C(C)=C/C=C\C(C)=C\C=O)C(C)(C)CCC1. The fourth-order valence-corrected chi connectivity index (χ4v) is 2.80. The molecule has 1 aliphatic rings. The highest BCUT2D eigenvalue weighted by Crippen LogP contribution is 2.40. The van der Waals surface area contributed by atoms with Crippen LogP contribution in [0.25, 0.3) is 0 Å². The third-order valence-electron chi connectivity index (χ3n) is 4.10. The summed E-state index contributed by atoms with van der Waals surface area (Å²) in [6.45, 7) is 10.9. The molecule has 1 aliphatic carbocycles. The first-order valence-electron chi connectivity index (χ1n) is 7.72. The number of hydrogen-bond donors (Lipinski definition) is 0. The smallest absolute Gasteiger partial charge is 0.143 e. The average Bonchev–Trinajstić information content (AvgIpc) is 2.37. The summed E-state index contributed by atoms with van der Waals surface area (Å²) in [5.74, 6) is 0. The Bertz CT molecular complexity index is 522. The van der Waals surface area contributed by atoms with Gasteiger partial charge in [0.25, 0.3) is 0 Å². The molecular weight excluding hydrogens is 256 g/mol. The summed E-state index contributed by atoms with van der Waals surface area (Å²) >= 11 is 0. The number of allylic oxidation sites excluding steroid dienone is 10. The van der Waals surface area contributed by atoms with Gasteiger partial charge >= 0.3 is 0 Å². The van der Waals surface area contributed by atoms with Crippen molar-refractivity contribution in [2.75, 3.05) is 0 Å². The molecule has 0 saturated carbocycles. The zero-order valence-electron chi connectivity index (χ0n) is 14.1. The van der Waals surface area contributed by atoms with E-state index in [9.17, 15) is 4.79 Å². The van der Waals surface area contributed by atoms with Gasteiger partial charge < -0.3 is 0 Å². The molecule has 0 spiro atoms. The largest absolute Gasteiger partial charge is 0.299 e. The lowest BCUT2D eigenvalue weighted by atomic mass is 9.72. The molecule has 0 radical (unpaired) electrons. The van der Waals surface area contributed by atoms with Crippen LogP contribution in [0.3, 0.4) is 0 Å². The highest BCUT2D eigenvalue weighted by atomic mass is 16.1. The molecule has 1 rings (SSSR count). The monoisotopic (exact) mass is 284 g/mol. The lowest BCUT2D eigenvalue weighted by molar-refractivity contribution is -0.104. The summed E-state index contributed by atoms with van der Waals surface area (Å²) < 4.78 is 0. The molecule has 0 aromatic carbocycles. The van der Waals surface area contributed by atoms with Crippen LogP contribution in [0.15, 0.2) is 58.7 Å². The summed E-state index contributed by atoms with van der Waals surface area (Å²) in [6.07, 6.45) is 16.6. The second kappa shape index (κ2) is 7.97. The molecule has 0 amide bonds. The maximum absolute atomic E-state index is 10.3. The van der Waals surface area contributed by atoms with Crippen molar-refractivity contribution in [1.82, 2.24) is 0 Å². The van der Waals surface area contributed by atoms with E-state index in [1.54, 1.807) is 6.08 Å². The van der Waals surface area contributed by atoms with Crippen LogP contribution in [-0.4, -0.2) is 6.29 Å². The van der Waals surface area contributed by atoms with Crippen LogP contribution in [0.2, 0.25) is 0 Å². The Labute approximate surface area is 129 Å². The Hall–Kier alpha value is -1.63. The van der Waals surface area contributed by atoms with Gasteiger partial charge in [-0.05, 0) is 62.7 Å². The van der Waals surface area contributed by atoms with Crippen molar-refractivity contribution in [2.24, 2.45) is 5.41 Å². The summed E-state index contributed by atoms with van der Waals surface area (Å²) in [7, 11) is 0. The molecule has 1 nitrogen and oxygen atoms in total. The van der Waals surface area contributed by atoms with E-state index in [0.717, 1.165) is 11.9 Å². The van der Waals surface area contributed by atoms with Crippen LogP contribution in [0.5, 0.6) is 0 Å². The van der Waals surface area contributed by atoms with E-state index >= 15 is 0 Å². The van der Waals surface area contributed by atoms with Gasteiger partial charge in [-0.25, -0.2) is 0 Å². The lowest BCUT2D eigenvalue weighted by Gasteiger charge is -2.32. The Morgan fingerprint density at radius 2 is 1.76 bits per heavy atom. The molecule has 0 aromatic rings. The van der Waals surface area contributed by atoms with E-state index in [-0.39, 0.29) is 5.41 Å². The Morgan fingerprint density at radius 1 is 1.10 bits per heavy atom. The zero-order valence-corrected chi connectivity index (χ0v) is 14.1. The number of rotatable bonds is 5. The van der Waals surface area contributed by atoms with E-state index in [2.05, 4.69) is 45.9 Å². The lowest BCUT2D eigenvalue weighted by Crippen LogP contribution is -2.19. The number of hydrogen-bond acceptors (Lipinski definition) is 1. The van der Waals surface area contributed by atoms with Crippen molar-refractivity contribution in [1.29, 1.82) is 0 Å². The quantitative estimate of drug-likeness (QED) is 0.358. The highest BCUT2D eigenvalue weighted by molar-refractivity contribution is 5.66. The van der Waals surface area contributed by atoms with Crippen LogP contribution in [0, 0.1) is 5.41 Å². The standard InChI is InChI=1S/C20H28O/c1-16(8-6-9-17(2)13-15-21)11-12-19-18(3)10-7-14-20(19,4)5/h6,8-9,11-13,15H,7,10,14H2,1-5H3/b9-6-,12-11-,16-8+,17-13+. The highest BCUT2D eigenvalue weighted by Gasteiger charge is 2.26. The molecule has 0 unspecified atom stereocenters. The van der Waals surface area contributed by atoms with E-state index in [1.165, 1.54) is 36.0 Å². The van der Waals surface area contributed by atoms with E-state index in [4.69, 9.17) is 0 Å². The van der Waals surface area contributed by atoms with Gasteiger partial charge in [0.2, 0.25) is 0 Å². The van der Waals surface area contributed by atoms with Crippen LogP contribution in [0.1, 0.15) is 53.9 Å². The van der Waals surface area contributed by atoms with E-state index in [1.807, 2.05) is 19.1 Å². The predicted octanol–water partition coefficient (Wildman–Crippen LogP) is 5.72. The summed E-state index contributed by atoms with van der Waals surface area (Å²) in [4.78, 5) is 10.3. The molecule has 0 heterocycles. The first-order chi connectivity index (χ1) is 9.86. The second-order valence-corrected chi connectivity index (χ2v) is 6.58. The number of carbonyl (C=O) groups is 1. The minimum Gasteiger partial charge on any atom is -0.299 e. The van der Waals surface area contributed by atoms with Gasteiger partial charge in [0.1, 0.15) is 6.29 Å². The van der Waals surface area contributed by atoms with Crippen molar-refractivity contribution < 1.29 is 4.79 Å². The topological polar surface area (TPSA) is 17.1 Å². The fraction of sp³-hybridized carbons (Fsp3) is 0.450. The summed E-state index contributed by atoms with van der Waals surface area (Å²) in [6, 6.07) is 0. The van der Waals surface area contributed by atoms with Gasteiger partial charge in [0, 0.05) is 0 Å². The molecule has 0 atom stereocenters. The fourth-order valence-electron chi connectivity index (χ4n) is 2.80. The van der Waals surface area contributed by atoms with Crippen molar-refractivity contribution in [3.05, 3.63) is 58.7 Å². The molecule has 0 saturated heterocycles. The molecule has 0 N–H and O–H groups in total. The average molecular weight is 284 g/mol. The molecule has 0 aromatic heterocycles. The summed E-state index contributed by atoms with van der Waals surface area (Å²) in [5, 5.41) is 0. The second-order valence-electron chi connectivity index (χ2n) is 6.58. The minimum atomic E-state index is 0.290. The van der Waals surface area contributed by atoms with Crippen molar-refractivity contribution in [3.8, 4) is 0 Å². The van der Waals surface area contributed by atoms with Gasteiger partial charge in [0.15, 0.2) is 0 Å². The minimum absolute atomic E-state index is 0.290. The first-order valence-corrected chi connectivity index (χ1v) is 7.72. The molecule has 114 valence electrons. The first kappa shape index (κ1) is 17.4. The van der Waals surface area contributed by atoms with Gasteiger partial charge in [-0.15, -0.1) is 0 Å². The van der Waals surface area contributed by atoms with E-state index < -0.39 is 0 Å². The van der Waals surface area contributed by atoms with Crippen LogP contribution >= 0.6 is 0 Å². The number of carbonyl (C=O) groups excluding carboxylic acids is 1. The maximum Gasteiger partial charge on any atom is 0.143 e. The Balaban J connectivity index is 2.80. The van der Waals surface area contributed by atoms with Crippen LogP contribution in [0.4, 0.5) is 0 Å². The van der Waals surface area contributed by atoms with Gasteiger partial charge in [-0.2, -0.15) is 0 Å². The van der Waals surface area contributed by atoms with Crippen LogP contribution < -0.4 is 0 Å². The third-order valence-corrected chi connectivity index (χ3v) is 4.10. The van der Waals surface area contributed by atoms with Crippen molar-refractivity contribution in [2.45, 2.75) is 53.9 Å². The van der Waals surface area contributed by atoms with Gasteiger partial charge in [-0.3, -0.25) is 4.79 Å².